The van der Waals surface area contributed by atoms with E-state index in [1.54, 1.807) is 13.8 Å². The first-order valence-electron chi connectivity index (χ1n) is 11.4. The quantitative estimate of drug-likeness (QED) is 0.135. The number of carbonyl (C=O) groups is 5. The molecule has 1 atom stereocenters. The summed E-state index contributed by atoms with van der Waals surface area (Å²) >= 11 is 0. The van der Waals surface area contributed by atoms with E-state index in [9.17, 15) is 4.79 Å². The van der Waals surface area contributed by atoms with Crippen molar-refractivity contribution in [1.29, 1.82) is 0 Å². The van der Waals surface area contributed by atoms with E-state index in [1.807, 2.05) is 21.0 Å². The molecule has 9 N–H and O–H groups in total. The molecule has 0 spiro atoms. The maximum atomic E-state index is 9.82. The number of hydrogen-bond acceptors (Lipinski definition) is 11. The molecular formula is C23H57N3O12. The number of nitrogens with one attached hydrogen (secondary N) is 2. The third-order valence-electron chi connectivity index (χ3n) is 1.81. The van der Waals surface area contributed by atoms with Crippen molar-refractivity contribution in [2.75, 3.05) is 40.8 Å². The van der Waals surface area contributed by atoms with Crippen LogP contribution >= 0.6 is 0 Å². The molecule has 0 heterocycles. The summed E-state index contributed by atoms with van der Waals surface area (Å²) in [6.45, 7) is 18.0. The lowest BCUT2D eigenvalue weighted by atomic mass is 10.3. The van der Waals surface area contributed by atoms with Crippen LogP contribution in [0.15, 0.2) is 0 Å². The molecule has 0 aliphatic heterocycles. The van der Waals surface area contributed by atoms with Crippen molar-refractivity contribution < 1.29 is 59.3 Å². The Morgan fingerprint density at radius 1 is 0.684 bits per heavy atom. The van der Waals surface area contributed by atoms with Crippen molar-refractivity contribution in [1.82, 2.24) is 10.6 Å². The fourth-order valence-corrected chi connectivity index (χ4v) is 0.278. The number of rotatable bonds is 5. The van der Waals surface area contributed by atoms with Crippen molar-refractivity contribution in [3.8, 4) is 0 Å². The van der Waals surface area contributed by atoms with Crippen LogP contribution in [0.25, 0.3) is 0 Å². The van der Waals surface area contributed by atoms with Crippen LogP contribution in [0.1, 0.15) is 75.7 Å². The van der Waals surface area contributed by atoms with Gasteiger partial charge in [0, 0.05) is 34.6 Å². The summed E-state index contributed by atoms with van der Waals surface area (Å²) in [5.74, 6) is -3.54. The third kappa shape index (κ3) is 906. The Kier molecular flexibility index (Phi) is 110. The second-order valence-electron chi connectivity index (χ2n) is 5.74. The molecule has 0 bridgehead atoms. The van der Waals surface area contributed by atoms with Gasteiger partial charge in [0.05, 0.1) is 12.7 Å². The first-order chi connectivity index (χ1) is 17.3. The van der Waals surface area contributed by atoms with Crippen molar-refractivity contribution in [3.05, 3.63) is 0 Å². The maximum absolute atomic E-state index is 9.82. The highest BCUT2D eigenvalue weighted by Crippen LogP contribution is 1.89. The molecule has 0 aliphatic rings. The summed E-state index contributed by atoms with van der Waals surface area (Å²) in [5.41, 5.74) is 4.50. The molecule has 0 aromatic heterocycles. The van der Waals surface area contributed by atoms with Gasteiger partial charge < -0.3 is 41.5 Å². The van der Waals surface area contributed by atoms with E-state index in [2.05, 4.69) is 39.8 Å². The van der Waals surface area contributed by atoms with Crippen LogP contribution < -0.4 is 16.4 Å². The van der Waals surface area contributed by atoms with Crippen LogP contribution in [-0.2, 0) is 33.6 Å². The van der Waals surface area contributed by atoms with Crippen LogP contribution in [0, 0.1) is 0 Å². The molecular weight excluding hydrogens is 510 g/mol. The lowest BCUT2D eigenvalue weighted by Gasteiger charge is -1.98. The minimum absolute atomic E-state index is 0.00926. The molecule has 38 heavy (non-hydrogen) atoms. The highest BCUT2D eigenvalue weighted by molar-refractivity contribution is 5.65. The number of carboxylic acids is 4. The topological polar surface area (TPSA) is 255 Å². The minimum Gasteiger partial charge on any atom is -0.481 e. The molecule has 0 rings (SSSR count). The van der Waals surface area contributed by atoms with Gasteiger partial charge in [-0.05, 0) is 54.5 Å². The summed E-state index contributed by atoms with van der Waals surface area (Å²) in [6.07, 6.45) is 0.848. The molecule has 15 heteroatoms. The summed E-state index contributed by atoms with van der Waals surface area (Å²) in [5, 5.41) is 43.4. The molecule has 0 amide bonds. The monoisotopic (exact) mass is 567 g/mol. The van der Waals surface area contributed by atoms with Gasteiger partial charge in [-0.2, -0.15) is 0 Å². The Balaban J connectivity index is -0.0000000360. The van der Waals surface area contributed by atoms with Crippen molar-refractivity contribution in [2.24, 2.45) is 5.73 Å². The number of hydrogen-bond donors (Lipinski definition) is 8. The van der Waals surface area contributed by atoms with Gasteiger partial charge in [-0.1, -0.05) is 20.8 Å². The van der Waals surface area contributed by atoms with Gasteiger partial charge in [-0.15, -0.1) is 0 Å². The fraction of sp³-hybridized carbons (Fsp3) is 0.783. The standard InChI is InChI=1S/C4H8O2.C4H10O2.2C3H9N.4C2H4O2.CH5N/c1-3-6-4(2)5;1-3-4(2)6-5;2*1-3-4-2;4*1-2(3)4;1-2/h3H2,1-2H3;4-5H,3H2,1-2H3;2*4H,3H2,1-2H3;4*1H3,(H,3,4);2H2,1H3. The van der Waals surface area contributed by atoms with Crippen LogP contribution in [0.5, 0.6) is 0 Å². The zero-order valence-corrected chi connectivity index (χ0v) is 25.6. The van der Waals surface area contributed by atoms with Gasteiger partial charge >= 0.3 is 5.97 Å². The zero-order chi connectivity index (χ0) is 33.1. The van der Waals surface area contributed by atoms with Crippen molar-refractivity contribution in [2.45, 2.75) is 81.8 Å². The minimum atomic E-state index is -0.833. The largest absolute Gasteiger partial charge is 0.481 e. The van der Waals surface area contributed by atoms with Gasteiger partial charge in [0.15, 0.2) is 0 Å². The lowest BCUT2D eigenvalue weighted by Crippen LogP contribution is -2.01. The first kappa shape index (κ1) is 59.9. The molecule has 0 fully saturated rings. The van der Waals surface area contributed by atoms with E-state index >= 15 is 0 Å². The van der Waals surface area contributed by atoms with E-state index in [-0.39, 0.29) is 12.1 Å². The fourth-order valence-electron chi connectivity index (χ4n) is 0.278. The number of carboxylic acid groups (broad SMARTS) is 4. The number of nitrogens with two attached hydrogens (primary N) is 1. The van der Waals surface area contributed by atoms with Crippen LogP contribution in [-0.4, -0.2) is 102 Å². The highest BCUT2D eigenvalue weighted by atomic mass is 17.1. The van der Waals surface area contributed by atoms with Crippen LogP contribution in [0.3, 0.4) is 0 Å². The molecule has 0 aromatic rings. The van der Waals surface area contributed by atoms with Crippen molar-refractivity contribution in [3.63, 3.8) is 0 Å². The van der Waals surface area contributed by atoms with Gasteiger partial charge in [0.2, 0.25) is 0 Å². The molecule has 0 saturated carbocycles. The first-order valence-corrected chi connectivity index (χ1v) is 11.4. The summed E-state index contributed by atoms with van der Waals surface area (Å²) in [7, 11) is 5.36. The molecule has 0 aromatic carbocycles. The van der Waals surface area contributed by atoms with Gasteiger partial charge in [0.25, 0.3) is 23.9 Å². The zero-order valence-electron chi connectivity index (χ0n) is 25.6. The Morgan fingerprint density at radius 3 is 0.868 bits per heavy atom. The number of esters is 1. The Labute approximate surface area is 228 Å². The molecule has 236 valence electrons. The van der Waals surface area contributed by atoms with E-state index in [0.29, 0.717) is 6.61 Å². The average Bonchev–Trinajstić information content (AvgIpc) is 2.79. The maximum Gasteiger partial charge on any atom is 0.302 e. The lowest BCUT2D eigenvalue weighted by molar-refractivity contribution is -0.274. The number of ether oxygens (including phenoxy) is 1. The SMILES string of the molecule is CC(=O)O.CC(=O)O.CC(=O)O.CC(=O)O.CCC(C)OO.CCNC.CCNC.CCOC(C)=O.CN. The highest BCUT2D eigenvalue weighted by Gasteiger charge is 1.91. The Bertz CT molecular complexity index is 391. The molecule has 0 saturated heterocycles. The molecule has 15 nitrogen and oxygen atoms in total. The summed E-state index contributed by atoms with van der Waals surface area (Å²) < 4.78 is 4.40. The number of aliphatic carboxylic acids is 4. The van der Waals surface area contributed by atoms with Crippen molar-refractivity contribution >= 4 is 29.8 Å². The smallest absolute Gasteiger partial charge is 0.302 e. The second-order valence-corrected chi connectivity index (χ2v) is 5.74. The molecule has 0 aliphatic carbocycles. The normalized spacial score (nSPS) is 7.87. The predicted octanol–water partition coefficient (Wildman–Crippen LogP) is 2.23. The number of carbonyl (C=O) groups excluding carboxylic acids is 1. The Hall–Kier alpha value is -2.85. The molecule has 0 radical (unpaired) electrons. The Morgan fingerprint density at radius 2 is 0.868 bits per heavy atom. The third-order valence-corrected chi connectivity index (χ3v) is 1.81. The predicted molar refractivity (Wildman–Crippen MR) is 148 cm³/mol. The van der Waals surface area contributed by atoms with Crippen LogP contribution in [0.4, 0.5) is 0 Å². The summed E-state index contributed by atoms with van der Waals surface area (Å²) in [6, 6.07) is 0. The van der Waals surface area contributed by atoms with E-state index < -0.39 is 23.9 Å². The van der Waals surface area contributed by atoms with Gasteiger partial charge in [-0.25, -0.2) is 4.89 Å². The van der Waals surface area contributed by atoms with E-state index in [4.69, 9.17) is 44.9 Å². The average molecular weight is 568 g/mol. The van der Waals surface area contributed by atoms with E-state index in [1.165, 1.54) is 14.0 Å². The molecule has 1 unspecified atom stereocenters. The van der Waals surface area contributed by atoms with Gasteiger partial charge in [0.1, 0.15) is 0 Å². The van der Waals surface area contributed by atoms with Crippen LogP contribution in [0.2, 0.25) is 0 Å². The second kappa shape index (κ2) is 70.0. The van der Waals surface area contributed by atoms with Gasteiger partial charge in [-0.3, -0.25) is 29.2 Å². The summed E-state index contributed by atoms with van der Waals surface area (Å²) in [4.78, 5) is 49.7. The van der Waals surface area contributed by atoms with E-state index in [0.717, 1.165) is 47.2 Å².